The number of esters is 1. The number of ether oxygens (including phenoxy) is 2. The smallest absolute Gasteiger partial charge is 0.312 e. The summed E-state index contributed by atoms with van der Waals surface area (Å²) in [6.45, 7) is 5.75. The van der Waals surface area contributed by atoms with Gasteiger partial charge in [-0.2, -0.15) is 0 Å². The van der Waals surface area contributed by atoms with E-state index in [4.69, 9.17) is 9.47 Å². The molecule has 4 fully saturated rings. The summed E-state index contributed by atoms with van der Waals surface area (Å²) >= 11 is 0. The second-order valence-corrected chi connectivity index (χ2v) is 7.59. The number of fused-ring (bicyclic) bond motifs is 1. The van der Waals surface area contributed by atoms with Crippen LogP contribution in [0.5, 0.6) is 0 Å². The zero-order valence-electron chi connectivity index (χ0n) is 12.2. The van der Waals surface area contributed by atoms with Gasteiger partial charge in [0, 0.05) is 5.41 Å². The number of aliphatic hydroxyl groups excluding tert-OH is 1. The summed E-state index contributed by atoms with van der Waals surface area (Å²) in [5.74, 6) is -0.881. The lowest BCUT2D eigenvalue weighted by Gasteiger charge is -2.52. The standard InChI is InChI=1S/C15H22O5/c1-8-10(17)19-11-14(8,18)7-6-12(2)5-4-9(16)13(3)15(11,12)20-13/h8-9,11,16,18H,4-7H2,1-3H3/t8-,9+,11?,12+,13?,14+,15?/m0/s1. The third-order valence-electron chi connectivity index (χ3n) is 6.81. The maximum Gasteiger partial charge on any atom is 0.312 e. The van der Waals surface area contributed by atoms with Crippen molar-refractivity contribution in [1.82, 2.24) is 0 Å². The second kappa shape index (κ2) is 3.23. The fraction of sp³-hybridized carbons (Fsp3) is 0.933. The van der Waals surface area contributed by atoms with Crippen molar-refractivity contribution in [1.29, 1.82) is 0 Å². The highest BCUT2D eigenvalue weighted by Crippen LogP contribution is 2.73. The second-order valence-electron chi connectivity index (χ2n) is 7.59. The van der Waals surface area contributed by atoms with Crippen molar-refractivity contribution >= 4 is 5.97 Å². The molecule has 0 aromatic carbocycles. The molecule has 1 spiro atoms. The summed E-state index contributed by atoms with van der Waals surface area (Å²) in [7, 11) is 0. The van der Waals surface area contributed by atoms with Gasteiger partial charge in [-0.15, -0.1) is 0 Å². The fourth-order valence-electron chi connectivity index (χ4n) is 5.21. The largest absolute Gasteiger partial charge is 0.456 e. The Morgan fingerprint density at radius 1 is 1.25 bits per heavy atom. The molecule has 0 aromatic heterocycles. The number of hydrogen-bond donors (Lipinski definition) is 2. The van der Waals surface area contributed by atoms with Crippen molar-refractivity contribution < 1.29 is 24.5 Å². The summed E-state index contributed by atoms with van der Waals surface area (Å²) in [6.07, 6.45) is 1.66. The Balaban J connectivity index is 1.85. The minimum Gasteiger partial charge on any atom is -0.456 e. The van der Waals surface area contributed by atoms with Crippen LogP contribution in [0.2, 0.25) is 0 Å². The molecule has 2 saturated heterocycles. The predicted octanol–water partition coefficient (Wildman–Crippen LogP) is 0.761. The van der Waals surface area contributed by atoms with Crippen molar-refractivity contribution in [2.75, 3.05) is 0 Å². The number of carbonyl (C=O) groups is 1. The Hall–Kier alpha value is -0.650. The Bertz CT molecular complexity index is 506. The van der Waals surface area contributed by atoms with Crippen LogP contribution >= 0.6 is 0 Å². The molecule has 4 aliphatic rings. The van der Waals surface area contributed by atoms with E-state index in [1.165, 1.54) is 0 Å². The van der Waals surface area contributed by atoms with Crippen molar-refractivity contribution in [2.24, 2.45) is 11.3 Å². The molecule has 3 unspecified atom stereocenters. The number of hydrogen-bond acceptors (Lipinski definition) is 5. The molecule has 0 bridgehead atoms. The molecule has 2 aliphatic carbocycles. The number of epoxide rings is 1. The summed E-state index contributed by atoms with van der Waals surface area (Å²) in [5.41, 5.74) is -2.75. The lowest BCUT2D eigenvalue weighted by atomic mass is 9.51. The van der Waals surface area contributed by atoms with Gasteiger partial charge in [0.05, 0.1) is 12.0 Å². The molecule has 2 aliphatic heterocycles. The van der Waals surface area contributed by atoms with Gasteiger partial charge < -0.3 is 19.7 Å². The highest BCUT2D eigenvalue weighted by atomic mass is 16.7. The van der Waals surface area contributed by atoms with E-state index in [1.54, 1.807) is 6.92 Å². The van der Waals surface area contributed by atoms with Gasteiger partial charge in [0.2, 0.25) is 0 Å². The Morgan fingerprint density at radius 2 is 1.95 bits per heavy atom. The van der Waals surface area contributed by atoms with Crippen LogP contribution in [-0.4, -0.2) is 45.2 Å². The first-order chi connectivity index (χ1) is 9.21. The van der Waals surface area contributed by atoms with Crippen LogP contribution in [0.3, 0.4) is 0 Å². The van der Waals surface area contributed by atoms with E-state index in [2.05, 4.69) is 6.92 Å². The van der Waals surface area contributed by atoms with Crippen LogP contribution in [0.15, 0.2) is 0 Å². The van der Waals surface area contributed by atoms with Gasteiger partial charge in [-0.25, -0.2) is 0 Å². The molecule has 7 atom stereocenters. The molecule has 0 amide bonds. The van der Waals surface area contributed by atoms with Crippen molar-refractivity contribution in [2.45, 2.75) is 75.5 Å². The summed E-state index contributed by atoms with van der Waals surface area (Å²) < 4.78 is 11.6. The van der Waals surface area contributed by atoms with Gasteiger partial charge >= 0.3 is 5.97 Å². The first-order valence-corrected chi connectivity index (χ1v) is 7.52. The Morgan fingerprint density at radius 3 is 2.65 bits per heavy atom. The molecule has 2 saturated carbocycles. The molecule has 0 aromatic rings. The van der Waals surface area contributed by atoms with Crippen LogP contribution in [0, 0.1) is 11.3 Å². The Kier molecular flexibility index (Phi) is 2.11. The van der Waals surface area contributed by atoms with E-state index in [0.717, 1.165) is 12.8 Å². The van der Waals surface area contributed by atoms with Gasteiger partial charge in [0.1, 0.15) is 16.8 Å². The van der Waals surface area contributed by atoms with Gasteiger partial charge in [0.15, 0.2) is 6.10 Å². The lowest BCUT2D eigenvalue weighted by Crippen LogP contribution is -2.66. The first kappa shape index (κ1) is 13.0. The van der Waals surface area contributed by atoms with E-state index in [1.807, 2.05) is 6.92 Å². The van der Waals surface area contributed by atoms with E-state index in [9.17, 15) is 15.0 Å². The minimum absolute atomic E-state index is 0.151. The minimum atomic E-state index is -1.16. The summed E-state index contributed by atoms with van der Waals surface area (Å²) in [4.78, 5) is 12.0. The molecule has 2 heterocycles. The summed E-state index contributed by atoms with van der Waals surface area (Å²) in [5, 5.41) is 21.3. The monoisotopic (exact) mass is 282 g/mol. The van der Waals surface area contributed by atoms with Crippen molar-refractivity contribution in [3.8, 4) is 0 Å². The maximum absolute atomic E-state index is 12.0. The van der Waals surface area contributed by atoms with Crippen LogP contribution in [-0.2, 0) is 14.3 Å². The quantitative estimate of drug-likeness (QED) is 0.506. The van der Waals surface area contributed by atoms with Crippen molar-refractivity contribution in [3.63, 3.8) is 0 Å². The molecule has 5 nitrogen and oxygen atoms in total. The number of aliphatic hydroxyl groups is 2. The van der Waals surface area contributed by atoms with Crippen molar-refractivity contribution in [3.05, 3.63) is 0 Å². The molecule has 4 rings (SSSR count). The van der Waals surface area contributed by atoms with Gasteiger partial charge in [-0.3, -0.25) is 4.79 Å². The van der Waals surface area contributed by atoms with E-state index in [0.29, 0.717) is 12.8 Å². The third kappa shape index (κ3) is 1.05. The molecule has 112 valence electrons. The summed E-state index contributed by atoms with van der Waals surface area (Å²) in [6, 6.07) is 0. The zero-order valence-corrected chi connectivity index (χ0v) is 12.2. The number of rotatable bonds is 0. The van der Waals surface area contributed by atoms with Gasteiger partial charge in [-0.05, 0) is 39.5 Å². The van der Waals surface area contributed by atoms with Gasteiger partial charge in [0.25, 0.3) is 0 Å². The molecular formula is C15H22O5. The molecule has 5 heteroatoms. The van der Waals surface area contributed by atoms with Crippen LogP contribution < -0.4 is 0 Å². The lowest BCUT2D eigenvalue weighted by molar-refractivity contribution is -0.171. The van der Waals surface area contributed by atoms with Gasteiger partial charge in [-0.1, -0.05) is 6.92 Å². The van der Waals surface area contributed by atoms with Crippen LogP contribution in [0.4, 0.5) is 0 Å². The third-order valence-corrected chi connectivity index (χ3v) is 6.81. The normalized spacial score (nSPS) is 64.0. The molecule has 20 heavy (non-hydrogen) atoms. The van der Waals surface area contributed by atoms with E-state index >= 15 is 0 Å². The SMILES string of the molecule is C[C@H]1C(=O)OC2C34OC3(C)[C@H](O)CC[C@]4(C)CC[C@]21O. The van der Waals surface area contributed by atoms with Crippen LogP contribution in [0.1, 0.15) is 46.5 Å². The Labute approximate surface area is 118 Å². The van der Waals surface area contributed by atoms with E-state index < -0.39 is 34.9 Å². The topological polar surface area (TPSA) is 79.3 Å². The van der Waals surface area contributed by atoms with Crippen LogP contribution in [0.25, 0.3) is 0 Å². The average molecular weight is 282 g/mol. The fourth-order valence-corrected chi connectivity index (χ4v) is 5.21. The molecule has 0 radical (unpaired) electrons. The maximum atomic E-state index is 12.0. The zero-order chi connectivity index (χ0) is 14.6. The highest BCUT2D eigenvalue weighted by Gasteiger charge is 2.88. The van der Waals surface area contributed by atoms with E-state index in [-0.39, 0.29) is 11.4 Å². The number of carbonyl (C=O) groups excluding carboxylic acids is 1. The average Bonchev–Trinajstić information content (AvgIpc) is 2.99. The molecular weight excluding hydrogens is 260 g/mol. The predicted molar refractivity (Wildman–Crippen MR) is 68.8 cm³/mol. The molecule has 2 N–H and O–H groups in total. The first-order valence-electron chi connectivity index (χ1n) is 7.52. The highest BCUT2D eigenvalue weighted by molar-refractivity contribution is 5.77.